The molecule has 106 valence electrons. The molecule has 5 heteroatoms. The average Bonchev–Trinajstić information content (AvgIpc) is 3.05. The second-order valence-electron chi connectivity index (χ2n) is 5.54. The Labute approximate surface area is 118 Å². The fourth-order valence-corrected chi connectivity index (χ4v) is 2.55. The van der Waals surface area contributed by atoms with E-state index in [1.165, 1.54) is 5.56 Å². The van der Waals surface area contributed by atoms with Crippen LogP contribution in [0.15, 0.2) is 28.8 Å². The number of ether oxygens (including phenoxy) is 1. The number of hydrogen-bond acceptors (Lipinski definition) is 5. The zero-order valence-electron chi connectivity index (χ0n) is 11.8. The highest BCUT2D eigenvalue weighted by Crippen LogP contribution is 2.35. The smallest absolute Gasteiger partial charge is 0.246 e. The van der Waals surface area contributed by atoms with Gasteiger partial charge in [-0.15, -0.1) is 0 Å². The summed E-state index contributed by atoms with van der Waals surface area (Å²) in [5.41, 5.74) is 6.80. The fraction of sp³-hybridized carbons (Fsp3) is 0.467. The molecular formula is C15H19N3O2. The number of nitrogens with two attached hydrogens (primary N) is 1. The van der Waals surface area contributed by atoms with Gasteiger partial charge in [-0.25, -0.2) is 0 Å². The Morgan fingerprint density at radius 2 is 2.20 bits per heavy atom. The summed E-state index contributed by atoms with van der Waals surface area (Å²) in [5.74, 6) is 1.95. The van der Waals surface area contributed by atoms with Gasteiger partial charge in [-0.1, -0.05) is 36.7 Å². The van der Waals surface area contributed by atoms with Crippen molar-refractivity contribution in [3.05, 3.63) is 41.5 Å². The van der Waals surface area contributed by atoms with Gasteiger partial charge >= 0.3 is 0 Å². The Bertz CT molecular complexity index is 582. The van der Waals surface area contributed by atoms with Gasteiger partial charge in [0, 0.05) is 6.42 Å². The van der Waals surface area contributed by atoms with Crippen molar-refractivity contribution in [1.29, 1.82) is 0 Å². The number of benzene rings is 1. The first-order valence-electron chi connectivity index (χ1n) is 6.97. The zero-order valence-corrected chi connectivity index (χ0v) is 11.8. The normalized spacial score (nSPS) is 20.2. The average molecular weight is 273 g/mol. The summed E-state index contributed by atoms with van der Waals surface area (Å²) in [7, 11) is 0. The minimum atomic E-state index is -0.578. The predicted octanol–water partition coefficient (Wildman–Crippen LogP) is 2.72. The third-order valence-corrected chi connectivity index (χ3v) is 3.63. The number of para-hydroxylation sites is 1. The molecule has 1 aliphatic rings. The van der Waals surface area contributed by atoms with Crippen LogP contribution in [0.1, 0.15) is 50.1 Å². The van der Waals surface area contributed by atoms with E-state index in [-0.39, 0.29) is 6.10 Å². The van der Waals surface area contributed by atoms with Crippen LogP contribution in [0.4, 0.5) is 0 Å². The van der Waals surface area contributed by atoms with Crippen molar-refractivity contribution in [3.8, 4) is 5.75 Å². The van der Waals surface area contributed by atoms with E-state index in [0.29, 0.717) is 11.7 Å². The van der Waals surface area contributed by atoms with E-state index in [1.807, 2.05) is 25.1 Å². The molecule has 1 aliphatic heterocycles. The van der Waals surface area contributed by atoms with Gasteiger partial charge in [0.15, 0.2) is 6.10 Å². The lowest BCUT2D eigenvalue weighted by atomic mass is 9.98. The molecule has 2 aromatic rings. The van der Waals surface area contributed by atoms with Crippen molar-refractivity contribution < 1.29 is 9.26 Å². The topological polar surface area (TPSA) is 74.2 Å². The van der Waals surface area contributed by atoms with E-state index in [9.17, 15) is 0 Å². The van der Waals surface area contributed by atoms with E-state index >= 15 is 0 Å². The molecule has 0 saturated heterocycles. The largest absolute Gasteiger partial charge is 0.482 e. The SMILES string of the molecule is CCCC(C)(N)c1nc(C2Cc3ccccc3O2)no1. The molecule has 5 nitrogen and oxygen atoms in total. The molecule has 2 N–H and O–H groups in total. The Hall–Kier alpha value is -1.88. The lowest BCUT2D eigenvalue weighted by Gasteiger charge is -2.18. The van der Waals surface area contributed by atoms with Crippen LogP contribution in [0.5, 0.6) is 5.75 Å². The summed E-state index contributed by atoms with van der Waals surface area (Å²) in [5, 5.41) is 4.04. The Morgan fingerprint density at radius 1 is 1.40 bits per heavy atom. The summed E-state index contributed by atoms with van der Waals surface area (Å²) in [6.45, 7) is 4.00. The highest BCUT2D eigenvalue weighted by atomic mass is 16.5. The van der Waals surface area contributed by atoms with Crippen molar-refractivity contribution in [2.24, 2.45) is 5.73 Å². The molecule has 0 spiro atoms. The number of aromatic nitrogens is 2. The van der Waals surface area contributed by atoms with Crippen LogP contribution in [-0.4, -0.2) is 10.1 Å². The van der Waals surface area contributed by atoms with Crippen LogP contribution in [0.25, 0.3) is 0 Å². The monoisotopic (exact) mass is 273 g/mol. The van der Waals surface area contributed by atoms with Crippen molar-refractivity contribution in [3.63, 3.8) is 0 Å². The first-order chi connectivity index (χ1) is 9.60. The maximum atomic E-state index is 6.21. The molecule has 2 atom stereocenters. The number of nitrogens with zero attached hydrogens (tertiary/aromatic N) is 2. The van der Waals surface area contributed by atoms with Crippen molar-refractivity contribution in [2.45, 2.75) is 44.8 Å². The van der Waals surface area contributed by atoms with E-state index in [1.54, 1.807) is 0 Å². The molecular weight excluding hydrogens is 254 g/mol. The van der Waals surface area contributed by atoms with E-state index in [4.69, 9.17) is 15.0 Å². The standard InChI is InChI=1S/C15H19N3O2/c1-3-8-15(2,16)14-17-13(18-20-14)12-9-10-6-4-5-7-11(10)19-12/h4-7,12H,3,8-9,16H2,1-2H3. The number of rotatable bonds is 4. The van der Waals surface area contributed by atoms with Gasteiger partial charge in [-0.3, -0.25) is 0 Å². The first-order valence-corrected chi connectivity index (χ1v) is 6.97. The van der Waals surface area contributed by atoms with Gasteiger partial charge in [0.1, 0.15) is 5.75 Å². The summed E-state index contributed by atoms with van der Waals surface area (Å²) in [6.07, 6.45) is 2.36. The number of fused-ring (bicyclic) bond motifs is 1. The Kier molecular flexibility index (Phi) is 3.22. The van der Waals surface area contributed by atoms with Gasteiger partial charge in [0.25, 0.3) is 0 Å². The lowest BCUT2D eigenvalue weighted by molar-refractivity contribution is 0.219. The maximum Gasteiger partial charge on any atom is 0.246 e. The summed E-state index contributed by atoms with van der Waals surface area (Å²) < 4.78 is 11.2. The number of hydrogen-bond donors (Lipinski definition) is 1. The van der Waals surface area contributed by atoms with E-state index in [0.717, 1.165) is 25.0 Å². The Balaban J connectivity index is 1.79. The van der Waals surface area contributed by atoms with Crippen LogP contribution in [0.3, 0.4) is 0 Å². The third-order valence-electron chi connectivity index (χ3n) is 3.63. The van der Waals surface area contributed by atoms with Crippen molar-refractivity contribution in [2.75, 3.05) is 0 Å². The first kappa shape index (κ1) is 13.1. The molecule has 2 unspecified atom stereocenters. The lowest BCUT2D eigenvalue weighted by Crippen LogP contribution is -2.33. The molecule has 0 aliphatic carbocycles. The van der Waals surface area contributed by atoms with E-state index < -0.39 is 5.54 Å². The zero-order chi connectivity index (χ0) is 14.2. The summed E-state index contributed by atoms with van der Waals surface area (Å²) in [4.78, 5) is 4.44. The van der Waals surface area contributed by atoms with Crippen LogP contribution >= 0.6 is 0 Å². The molecule has 2 heterocycles. The molecule has 0 radical (unpaired) electrons. The minimum absolute atomic E-state index is 0.178. The molecule has 0 saturated carbocycles. The van der Waals surface area contributed by atoms with Crippen LogP contribution in [-0.2, 0) is 12.0 Å². The summed E-state index contributed by atoms with van der Waals surface area (Å²) >= 11 is 0. The quantitative estimate of drug-likeness (QED) is 0.927. The Morgan fingerprint density at radius 3 is 2.95 bits per heavy atom. The third kappa shape index (κ3) is 2.29. The van der Waals surface area contributed by atoms with E-state index in [2.05, 4.69) is 23.1 Å². The maximum absolute atomic E-state index is 6.21. The van der Waals surface area contributed by atoms with Gasteiger partial charge in [0.2, 0.25) is 11.7 Å². The molecule has 1 aromatic carbocycles. The predicted molar refractivity (Wildman–Crippen MR) is 74.3 cm³/mol. The summed E-state index contributed by atoms with van der Waals surface area (Å²) in [6, 6.07) is 7.98. The molecule has 3 rings (SSSR count). The second-order valence-corrected chi connectivity index (χ2v) is 5.54. The molecule has 0 fully saturated rings. The van der Waals surface area contributed by atoms with Crippen molar-refractivity contribution >= 4 is 0 Å². The van der Waals surface area contributed by atoms with Gasteiger partial charge < -0.3 is 15.0 Å². The molecule has 1 aromatic heterocycles. The fourth-order valence-electron chi connectivity index (χ4n) is 2.55. The highest BCUT2D eigenvalue weighted by Gasteiger charge is 2.32. The molecule has 20 heavy (non-hydrogen) atoms. The van der Waals surface area contributed by atoms with Crippen molar-refractivity contribution in [1.82, 2.24) is 10.1 Å². The van der Waals surface area contributed by atoms with Gasteiger partial charge in [0.05, 0.1) is 5.54 Å². The van der Waals surface area contributed by atoms with Crippen LogP contribution in [0, 0.1) is 0 Å². The highest BCUT2D eigenvalue weighted by molar-refractivity contribution is 5.37. The minimum Gasteiger partial charge on any atom is -0.482 e. The molecule has 0 bridgehead atoms. The van der Waals surface area contributed by atoms with Gasteiger partial charge in [-0.2, -0.15) is 4.98 Å². The van der Waals surface area contributed by atoms with Gasteiger partial charge in [-0.05, 0) is 25.0 Å². The second kappa shape index (κ2) is 4.90. The van der Waals surface area contributed by atoms with Crippen LogP contribution in [0.2, 0.25) is 0 Å². The van der Waals surface area contributed by atoms with Crippen LogP contribution < -0.4 is 10.5 Å². The molecule has 0 amide bonds.